The van der Waals surface area contributed by atoms with Crippen LogP contribution in [0.1, 0.15) is 6.92 Å². The zero-order chi connectivity index (χ0) is 13.8. The molecular weight excluding hydrogens is 328 g/mol. The Hall–Kier alpha value is 0.644. The van der Waals surface area contributed by atoms with Gasteiger partial charge in [0.15, 0.2) is 0 Å². The van der Waals surface area contributed by atoms with E-state index in [2.05, 4.69) is 4.98 Å². The Balaban J connectivity index is 2.75. The molecule has 0 aromatic heterocycles. The average molecular weight is 349 g/mol. The molecule has 1 heterocycles. The molecule has 0 aliphatic carbocycles. The van der Waals surface area contributed by atoms with Crippen LogP contribution in [-0.2, 0) is 20.6 Å². The summed E-state index contributed by atoms with van der Waals surface area (Å²) < 4.78 is 26.5. The maximum atomic E-state index is 5.97. The SMILES string of the molecule is CCN[Si]1(N)O[SiH](N)O[SiH](N)O[SiH](N)O[SiH](N)O1. The molecule has 1 fully saturated rings. The summed E-state index contributed by atoms with van der Waals surface area (Å²) in [6.07, 6.45) is 0. The van der Waals surface area contributed by atoms with E-state index < -0.39 is 46.7 Å². The highest BCUT2D eigenvalue weighted by Gasteiger charge is 2.41. The van der Waals surface area contributed by atoms with Gasteiger partial charge in [0.2, 0.25) is 0 Å². The van der Waals surface area contributed by atoms with E-state index in [-0.39, 0.29) is 0 Å². The molecule has 4 unspecified atom stereocenters. The third kappa shape index (κ3) is 5.74. The zero-order valence-electron chi connectivity index (χ0n) is 9.94. The number of nitrogens with one attached hydrogen (secondary N) is 1. The van der Waals surface area contributed by atoms with Crippen LogP contribution in [0.15, 0.2) is 0 Å². The van der Waals surface area contributed by atoms with E-state index >= 15 is 0 Å². The normalized spacial score (nSPS) is 43.7. The average Bonchev–Trinajstić information content (AvgIpc) is 2.13. The highest BCUT2D eigenvalue weighted by Crippen LogP contribution is 2.02. The fraction of sp³-hybridized carbons (Fsp3) is 1.00. The van der Waals surface area contributed by atoms with Crippen molar-refractivity contribution < 1.29 is 20.6 Å². The minimum Gasteiger partial charge on any atom is -0.397 e. The van der Waals surface area contributed by atoms with Crippen LogP contribution in [0.4, 0.5) is 0 Å². The maximum absolute atomic E-state index is 5.97. The molecule has 0 amide bonds. The van der Waals surface area contributed by atoms with Gasteiger partial charge in [0.05, 0.1) is 0 Å². The Labute approximate surface area is 113 Å². The van der Waals surface area contributed by atoms with Gasteiger partial charge in [-0.3, -0.25) is 10.4 Å². The van der Waals surface area contributed by atoms with E-state index in [1.54, 1.807) is 0 Å². The smallest absolute Gasteiger partial charge is 0.397 e. The summed E-state index contributed by atoms with van der Waals surface area (Å²) in [7, 11) is -13.2. The fourth-order valence-electron chi connectivity index (χ4n) is 1.22. The first-order valence-corrected chi connectivity index (χ1v) is 13.6. The molecule has 108 valence electrons. The second kappa shape index (κ2) is 7.43. The summed E-state index contributed by atoms with van der Waals surface area (Å²) in [5.41, 5.74) is 0. The van der Waals surface area contributed by atoms with Gasteiger partial charge in [-0.1, -0.05) is 6.92 Å². The maximum Gasteiger partial charge on any atom is 0.497 e. The number of hydrogen-bond donors (Lipinski definition) is 6. The summed E-state index contributed by atoms with van der Waals surface area (Å²) in [6.45, 7) is 2.38. The Bertz CT molecular complexity index is 247. The molecule has 11 nitrogen and oxygen atoms in total. The van der Waals surface area contributed by atoms with Crippen LogP contribution in [0.2, 0.25) is 0 Å². The van der Waals surface area contributed by atoms with Crippen LogP contribution in [-0.4, -0.2) is 53.2 Å². The third-order valence-electron chi connectivity index (χ3n) is 1.81. The van der Waals surface area contributed by atoms with Crippen molar-refractivity contribution in [3.05, 3.63) is 0 Å². The van der Waals surface area contributed by atoms with Gasteiger partial charge in [0.25, 0.3) is 0 Å². The highest BCUT2D eigenvalue weighted by atomic mass is 28.5. The Kier molecular flexibility index (Phi) is 6.90. The van der Waals surface area contributed by atoms with Crippen molar-refractivity contribution in [3.63, 3.8) is 0 Å². The van der Waals surface area contributed by atoms with Crippen molar-refractivity contribution in [1.82, 2.24) is 4.98 Å². The molecule has 0 aromatic carbocycles. The molecule has 1 saturated heterocycles. The van der Waals surface area contributed by atoms with Crippen LogP contribution in [0.25, 0.3) is 0 Å². The Morgan fingerprint density at radius 1 is 0.889 bits per heavy atom. The lowest BCUT2D eigenvalue weighted by molar-refractivity contribution is 0.259. The van der Waals surface area contributed by atoms with Gasteiger partial charge in [-0.25, -0.2) is 0 Å². The molecule has 1 rings (SSSR count). The monoisotopic (exact) mass is 348 g/mol. The van der Waals surface area contributed by atoms with Crippen LogP contribution in [0, 0.1) is 0 Å². The number of nitrogens with two attached hydrogens (primary N) is 5. The molecule has 0 saturated carbocycles. The molecule has 0 aromatic rings. The molecule has 16 heteroatoms. The van der Waals surface area contributed by atoms with Crippen LogP contribution in [0.3, 0.4) is 0 Å². The topological polar surface area (TPSA) is 188 Å². The number of hydrogen-bond acceptors (Lipinski definition) is 11. The fourth-order valence-corrected chi connectivity index (χ4v) is 12.1. The molecule has 0 bridgehead atoms. The second-order valence-electron chi connectivity index (χ2n) is 3.32. The van der Waals surface area contributed by atoms with Crippen molar-refractivity contribution in [2.45, 2.75) is 6.92 Å². The Morgan fingerprint density at radius 3 is 1.67 bits per heavy atom. The quantitative estimate of drug-likeness (QED) is 0.260. The van der Waals surface area contributed by atoms with E-state index in [9.17, 15) is 0 Å². The van der Waals surface area contributed by atoms with Crippen LogP contribution >= 0.6 is 0 Å². The van der Waals surface area contributed by atoms with Crippen LogP contribution < -0.4 is 32.0 Å². The van der Waals surface area contributed by atoms with Gasteiger partial charge in [0, 0.05) is 0 Å². The van der Waals surface area contributed by atoms with E-state index in [1.807, 2.05) is 6.92 Å². The second-order valence-corrected chi connectivity index (χ2v) is 13.1. The van der Waals surface area contributed by atoms with Gasteiger partial charge in [0.1, 0.15) is 0 Å². The third-order valence-corrected chi connectivity index (χ3v) is 13.8. The van der Waals surface area contributed by atoms with E-state index in [4.69, 9.17) is 47.6 Å². The van der Waals surface area contributed by atoms with Gasteiger partial charge in [-0.2, -0.15) is 0 Å². The predicted molar refractivity (Wildman–Crippen MR) is 74.4 cm³/mol. The molecule has 4 atom stereocenters. The highest BCUT2D eigenvalue weighted by molar-refractivity contribution is 6.77. The molecular formula is C2H20N6O5Si5. The lowest BCUT2D eigenvalue weighted by Gasteiger charge is -2.33. The molecule has 18 heavy (non-hydrogen) atoms. The number of rotatable bonds is 2. The van der Waals surface area contributed by atoms with Crippen LogP contribution in [0.5, 0.6) is 0 Å². The zero-order valence-corrected chi connectivity index (χ0v) is 15.6. The minimum atomic E-state index is -3.21. The summed E-state index contributed by atoms with van der Waals surface area (Å²) in [6, 6.07) is 0. The predicted octanol–water partition coefficient (Wildman–Crippen LogP) is -6.21. The lowest BCUT2D eigenvalue weighted by Crippen LogP contribution is -2.72. The molecule has 0 spiro atoms. The van der Waals surface area contributed by atoms with Gasteiger partial charge >= 0.3 is 46.7 Å². The van der Waals surface area contributed by atoms with E-state index in [0.29, 0.717) is 6.54 Å². The van der Waals surface area contributed by atoms with E-state index in [0.717, 1.165) is 0 Å². The van der Waals surface area contributed by atoms with Crippen molar-refractivity contribution in [2.75, 3.05) is 6.54 Å². The van der Waals surface area contributed by atoms with Crippen molar-refractivity contribution in [1.29, 1.82) is 0 Å². The first-order valence-electron chi connectivity index (χ1n) is 5.23. The molecule has 1 aliphatic heterocycles. The molecule has 0 radical (unpaired) electrons. The largest absolute Gasteiger partial charge is 0.497 e. The summed E-state index contributed by atoms with van der Waals surface area (Å²) in [4.78, 5) is 2.90. The standard InChI is InChI=1S/C2H20N6O5Si5/c1-2-8-18(7)12-16(5)10-14(3)9-15(4)11-17(6)13-18/h8,14-17H,2-7H2,1H3. The summed E-state index contributed by atoms with van der Waals surface area (Å²) in [5, 5.41) is 28.7. The first-order chi connectivity index (χ1) is 8.34. The minimum absolute atomic E-state index is 0.536. The van der Waals surface area contributed by atoms with Gasteiger partial charge in [-0.05, 0) is 6.54 Å². The summed E-state index contributed by atoms with van der Waals surface area (Å²) in [5.74, 6) is 0. The van der Waals surface area contributed by atoms with E-state index in [1.165, 1.54) is 0 Å². The molecule has 11 N–H and O–H groups in total. The van der Waals surface area contributed by atoms with Crippen molar-refractivity contribution >= 4 is 46.7 Å². The molecule has 1 aliphatic rings. The van der Waals surface area contributed by atoms with Gasteiger partial charge < -0.3 is 42.2 Å². The first kappa shape index (κ1) is 16.7. The Morgan fingerprint density at radius 2 is 1.28 bits per heavy atom. The lowest BCUT2D eigenvalue weighted by atomic mass is 10.8. The van der Waals surface area contributed by atoms with Crippen molar-refractivity contribution in [3.8, 4) is 0 Å². The van der Waals surface area contributed by atoms with Gasteiger partial charge in [-0.15, -0.1) is 0 Å². The summed E-state index contributed by atoms with van der Waals surface area (Å²) >= 11 is 0. The van der Waals surface area contributed by atoms with Crippen molar-refractivity contribution in [2.24, 2.45) is 27.0 Å².